The Morgan fingerprint density at radius 2 is 1.88 bits per heavy atom. The van der Waals surface area contributed by atoms with Gasteiger partial charge in [0, 0.05) is 0 Å². The third kappa shape index (κ3) is 2.81. The summed E-state index contributed by atoms with van der Waals surface area (Å²) in [5.74, 6) is 2.33. The molecule has 0 radical (unpaired) electrons. The highest BCUT2D eigenvalue weighted by atomic mass is 35.5. The Bertz CT molecular complexity index is 1150. The summed E-state index contributed by atoms with van der Waals surface area (Å²) in [5.41, 5.74) is -2.78. The van der Waals surface area contributed by atoms with Gasteiger partial charge in [0.2, 0.25) is 0 Å². The van der Waals surface area contributed by atoms with E-state index in [4.69, 9.17) is 18.0 Å². The molecule has 0 unspecified atom stereocenters. The average molecular weight is 365 g/mol. The van der Waals surface area contributed by atoms with Crippen LogP contribution in [-0.4, -0.2) is 9.55 Å². The molecular formula is C17H8ClF3N2O2. The molecular weight excluding hydrogens is 357 g/mol. The lowest BCUT2D eigenvalue weighted by atomic mass is 10.1. The molecule has 3 rings (SSSR count). The normalized spacial score (nSPS) is 11.5. The zero-order valence-corrected chi connectivity index (χ0v) is 13.1. The van der Waals surface area contributed by atoms with Crippen molar-refractivity contribution in [1.82, 2.24) is 9.55 Å². The molecule has 0 amide bonds. The summed E-state index contributed by atoms with van der Waals surface area (Å²) in [6.07, 6.45) is 0.758. The smallest absolute Gasteiger partial charge is 0.273 e. The third-order valence-corrected chi connectivity index (χ3v) is 3.91. The van der Waals surface area contributed by atoms with Crippen molar-refractivity contribution in [2.75, 3.05) is 0 Å². The maximum Gasteiger partial charge on any atom is 0.416 e. The van der Waals surface area contributed by atoms with Crippen LogP contribution < -0.4 is 11.2 Å². The molecule has 1 N–H and O–H groups in total. The molecule has 1 aromatic heterocycles. The van der Waals surface area contributed by atoms with Gasteiger partial charge in [0.25, 0.3) is 5.56 Å². The second-order valence-corrected chi connectivity index (χ2v) is 5.51. The molecule has 25 heavy (non-hydrogen) atoms. The van der Waals surface area contributed by atoms with Crippen LogP contribution in [0.4, 0.5) is 13.2 Å². The molecule has 1 heterocycles. The standard InChI is InChI=1S/C17H8ClF3N2O2/c1-2-9-4-3-5-12(18)14(9)23-13-8-10(17(19,20)21)6-7-11(13)15(24)22-16(23)25/h1,3-8H,(H,22,24,25). The number of hydrogen-bond donors (Lipinski definition) is 1. The van der Waals surface area contributed by atoms with Crippen molar-refractivity contribution in [1.29, 1.82) is 0 Å². The van der Waals surface area contributed by atoms with Crippen molar-refractivity contribution in [2.24, 2.45) is 0 Å². The van der Waals surface area contributed by atoms with Gasteiger partial charge >= 0.3 is 11.9 Å². The van der Waals surface area contributed by atoms with Gasteiger partial charge in [-0.3, -0.25) is 14.3 Å². The Kier molecular flexibility index (Phi) is 3.93. The molecule has 4 nitrogen and oxygen atoms in total. The van der Waals surface area contributed by atoms with Gasteiger partial charge in [0.1, 0.15) is 0 Å². The van der Waals surface area contributed by atoms with E-state index in [9.17, 15) is 22.8 Å². The number of alkyl halides is 3. The van der Waals surface area contributed by atoms with Crippen molar-refractivity contribution in [3.8, 4) is 18.0 Å². The highest BCUT2D eigenvalue weighted by Gasteiger charge is 2.31. The monoisotopic (exact) mass is 364 g/mol. The minimum absolute atomic E-state index is 0.0252. The highest BCUT2D eigenvalue weighted by Crippen LogP contribution is 2.32. The predicted octanol–water partition coefficient (Wildman–Crippen LogP) is 3.33. The van der Waals surface area contributed by atoms with Crippen LogP contribution in [-0.2, 0) is 6.18 Å². The fourth-order valence-electron chi connectivity index (χ4n) is 2.50. The van der Waals surface area contributed by atoms with Gasteiger partial charge < -0.3 is 0 Å². The zero-order valence-electron chi connectivity index (χ0n) is 12.3. The van der Waals surface area contributed by atoms with E-state index in [1.54, 1.807) is 6.07 Å². The average Bonchev–Trinajstić information content (AvgIpc) is 2.54. The zero-order chi connectivity index (χ0) is 18.4. The van der Waals surface area contributed by atoms with Crippen molar-refractivity contribution < 1.29 is 13.2 Å². The van der Waals surface area contributed by atoms with E-state index in [0.29, 0.717) is 0 Å². The third-order valence-electron chi connectivity index (χ3n) is 3.60. The SMILES string of the molecule is C#Cc1cccc(Cl)c1-n1c(=O)[nH]c(=O)c2ccc(C(F)(F)F)cc21. The number of benzene rings is 2. The molecule has 0 aliphatic carbocycles. The largest absolute Gasteiger partial charge is 0.416 e. The van der Waals surface area contributed by atoms with Crippen LogP contribution in [0, 0.1) is 12.3 Å². The molecule has 0 saturated carbocycles. The summed E-state index contributed by atoms with van der Waals surface area (Å²) < 4.78 is 40.0. The number of para-hydroxylation sites is 1. The van der Waals surface area contributed by atoms with Gasteiger partial charge in [-0.05, 0) is 30.3 Å². The lowest BCUT2D eigenvalue weighted by Crippen LogP contribution is -2.30. The van der Waals surface area contributed by atoms with Crippen molar-refractivity contribution >= 4 is 22.5 Å². The lowest BCUT2D eigenvalue weighted by molar-refractivity contribution is -0.137. The van der Waals surface area contributed by atoms with Crippen LogP contribution in [0.25, 0.3) is 16.6 Å². The first-order valence-corrected chi connectivity index (χ1v) is 7.23. The Hall–Kier alpha value is -2.98. The number of aromatic amines is 1. The van der Waals surface area contributed by atoms with E-state index >= 15 is 0 Å². The van der Waals surface area contributed by atoms with E-state index in [2.05, 4.69) is 10.9 Å². The van der Waals surface area contributed by atoms with E-state index in [0.717, 1.165) is 22.8 Å². The Morgan fingerprint density at radius 3 is 2.52 bits per heavy atom. The molecule has 8 heteroatoms. The fraction of sp³-hybridized carbons (Fsp3) is 0.0588. The van der Waals surface area contributed by atoms with E-state index < -0.39 is 23.0 Å². The van der Waals surface area contributed by atoms with Gasteiger partial charge in [0.05, 0.1) is 32.7 Å². The highest BCUT2D eigenvalue weighted by molar-refractivity contribution is 6.32. The first kappa shape index (κ1) is 16.9. The predicted molar refractivity (Wildman–Crippen MR) is 88.1 cm³/mol. The van der Waals surface area contributed by atoms with Crippen LogP contribution >= 0.6 is 11.6 Å². The number of nitrogens with one attached hydrogen (secondary N) is 1. The Morgan fingerprint density at radius 1 is 1.16 bits per heavy atom. The summed E-state index contributed by atoms with van der Waals surface area (Å²) in [5, 5.41) is -0.0428. The number of hydrogen-bond acceptors (Lipinski definition) is 2. The number of H-pyrrole nitrogens is 1. The van der Waals surface area contributed by atoms with Crippen molar-refractivity contribution in [3.05, 3.63) is 73.4 Å². The number of halogens is 4. The minimum Gasteiger partial charge on any atom is -0.273 e. The van der Waals surface area contributed by atoms with Crippen molar-refractivity contribution in [2.45, 2.75) is 6.18 Å². The van der Waals surface area contributed by atoms with Gasteiger partial charge in [-0.15, -0.1) is 6.42 Å². The van der Waals surface area contributed by atoms with Crippen LogP contribution in [0.2, 0.25) is 5.02 Å². The van der Waals surface area contributed by atoms with E-state index in [-0.39, 0.29) is 27.2 Å². The van der Waals surface area contributed by atoms with Gasteiger partial charge in [-0.2, -0.15) is 13.2 Å². The second kappa shape index (κ2) is 5.83. The quantitative estimate of drug-likeness (QED) is 0.673. The number of rotatable bonds is 1. The molecule has 3 aromatic rings. The van der Waals surface area contributed by atoms with E-state index in [1.165, 1.54) is 12.1 Å². The number of aromatic nitrogens is 2. The molecule has 0 atom stereocenters. The van der Waals surface area contributed by atoms with E-state index in [1.807, 2.05) is 0 Å². The topological polar surface area (TPSA) is 54.9 Å². The molecule has 0 spiro atoms. The minimum atomic E-state index is -4.65. The summed E-state index contributed by atoms with van der Waals surface area (Å²) in [4.78, 5) is 26.4. The fourth-order valence-corrected chi connectivity index (χ4v) is 2.75. The number of nitrogens with zero attached hydrogens (tertiary/aromatic N) is 1. The summed E-state index contributed by atoms with van der Waals surface area (Å²) in [7, 11) is 0. The molecule has 0 fully saturated rings. The van der Waals surface area contributed by atoms with Gasteiger partial charge in [-0.1, -0.05) is 23.6 Å². The molecule has 0 bridgehead atoms. The van der Waals surface area contributed by atoms with Crippen LogP contribution in [0.15, 0.2) is 46.0 Å². The first-order chi connectivity index (χ1) is 11.7. The molecule has 126 valence electrons. The second-order valence-electron chi connectivity index (χ2n) is 5.10. The maximum atomic E-state index is 13.0. The van der Waals surface area contributed by atoms with Crippen LogP contribution in [0.5, 0.6) is 0 Å². The number of fused-ring (bicyclic) bond motifs is 1. The summed E-state index contributed by atoms with van der Waals surface area (Å²) >= 11 is 6.12. The molecule has 0 aliphatic rings. The summed E-state index contributed by atoms with van der Waals surface area (Å²) in [6, 6.07) is 6.95. The first-order valence-electron chi connectivity index (χ1n) is 6.86. The molecule has 0 saturated heterocycles. The molecule has 0 aliphatic heterocycles. The Balaban J connectivity index is 2.54. The summed E-state index contributed by atoms with van der Waals surface area (Å²) in [6.45, 7) is 0. The lowest BCUT2D eigenvalue weighted by Gasteiger charge is -2.15. The van der Waals surface area contributed by atoms with Gasteiger partial charge in [-0.25, -0.2) is 4.79 Å². The van der Waals surface area contributed by atoms with Gasteiger partial charge in [0.15, 0.2) is 0 Å². The number of terminal acetylenes is 1. The van der Waals surface area contributed by atoms with Crippen LogP contribution in [0.1, 0.15) is 11.1 Å². The molecule has 2 aromatic carbocycles. The maximum absolute atomic E-state index is 13.0. The van der Waals surface area contributed by atoms with Crippen molar-refractivity contribution in [3.63, 3.8) is 0 Å². The van der Waals surface area contributed by atoms with Crippen LogP contribution in [0.3, 0.4) is 0 Å². The Labute approximate surface area is 143 Å².